The zero-order valence-electron chi connectivity index (χ0n) is 17.6. The molecule has 0 heterocycles. The van der Waals surface area contributed by atoms with E-state index in [9.17, 15) is 4.39 Å². The first-order valence-corrected chi connectivity index (χ1v) is 11.9. The lowest BCUT2D eigenvalue weighted by Gasteiger charge is -2.42. The van der Waals surface area contributed by atoms with Crippen LogP contribution in [0.2, 0.25) is 0 Å². The van der Waals surface area contributed by atoms with E-state index in [0.29, 0.717) is 5.92 Å². The molecule has 4 rings (SSSR count). The minimum atomic E-state index is -0.0965. The molecular weight excluding hydrogens is 343 g/mol. The summed E-state index contributed by atoms with van der Waals surface area (Å²) in [6.45, 7) is 2.30. The fourth-order valence-electron chi connectivity index (χ4n) is 6.10. The first kappa shape index (κ1) is 19.9. The largest absolute Gasteiger partial charge is 0.206 e. The van der Waals surface area contributed by atoms with Gasteiger partial charge in [0.2, 0.25) is 0 Å². The highest BCUT2D eigenvalue weighted by atomic mass is 19.1. The first-order chi connectivity index (χ1) is 13.7. The molecule has 0 N–H and O–H groups in total. The van der Waals surface area contributed by atoms with Gasteiger partial charge in [-0.05, 0) is 72.8 Å². The van der Waals surface area contributed by atoms with E-state index in [2.05, 4.69) is 25.1 Å². The van der Waals surface area contributed by atoms with Crippen molar-refractivity contribution in [3.63, 3.8) is 0 Å². The maximum atomic E-state index is 14.0. The van der Waals surface area contributed by atoms with E-state index in [1.807, 2.05) is 12.1 Å². The van der Waals surface area contributed by atoms with Crippen LogP contribution in [0.4, 0.5) is 4.39 Å². The normalized spacial score (nSPS) is 27.6. The van der Waals surface area contributed by atoms with Gasteiger partial charge in [0, 0.05) is 5.39 Å². The van der Waals surface area contributed by atoms with Crippen LogP contribution in [-0.2, 0) is 0 Å². The molecule has 0 amide bonds. The Labute approximate surface area is 170 Å². The first-order valence-electron chi connectivity index (χ1n) is 11.9. The summed E-state index contributed by atoms with van der Waals surface area (Å²) >= 11 is 0. The van der Waals surface area contributed by atoms with E-state index in [4.69, 9.17) is 0 Å². The lowest BCUT2D eigenvalue weighted by molar-refractivity contribution is 0.113. The van der Waals surface area contributed by atoms with Crippen molar-refractivity contribution in [1.82, 2.24) is 0 Å². The van der Waals surface area contributed by atoms with Crippen LogP contribution in [0.3, 0.4) is 0 Å². The maximum Gasteiger partial charge on any atom is 0.131 e. The number of halogens is 1. The number of benzene rings is 2. The summed E-state index contributed by atoms with van der Waals surface area (Å²) in [5.74, 6) is 3.49. The van der Waals surface area contributed by atoms with Gasteiger partial charge in [-0.3, -0.25) is 0 Å². The summed E-state index contributed by atoms with van der Waals surface area (Å²) in [6.07, 6.45) is 17.1. The second-order valence-corrected chi connectivity index (χ2v) is 9.63. The summed E-state index contributed by atoms with van der Waals surface area (Å²) in [5, 5.41) is 1.82. The summed E-state index contributed by atoms with van der Waals surface area (Å²) in [4.78, 5) is 0. The minimum Gasteiger partial charge on any atom is -0.206 e. The Kier molecular flexibility index (Phi) is 6.70. The van der Waals surface area contributed by atoms with Crippen molar-refractivity contribution in [2.45, 2.75) is 89.9 Å². The maximum absolute atomic E-state index is 14.0. The Morgan fingerprint density at radius 3 is 2.57 bits per heavy atom. The highest BCUT2D eigenvalue weighted by Crippen LogP contribution is 2.48. The van der Waals surface area contributed by atoms with Gasteiger partial charge < -0.3 is 0 Å². The molecule has 2 aliphatic carbocycles. The van der Waals surface area contributed by atoms with E-state index in [1.54, 1.807) is 6.07 Å². The lowest BCUT2D eigenvalue weighted by atomic mass is 9.63. The number of fused-ring (bicyclic) bond motifs is 2. The van der Waals surface area contributed by atoms with Gasteiger partial charge in [-0.25, -0.2) is 4.39 Å². The average Bonchev–Trinajstić information content (AvgIpc) is 2.73. The van der Waals surface area contributed by atoms with Crippen molar-refractivity contribution in [2.24, 2.45) is 17.8 Å². The third kappa shape index (κ3) is 4.61. The minimum absolute atomic E-state index is 0.0965. The van der Waals surface area contributed by atoms with Crippen molar-refractivity contribution < 1.29 is 4.39 Å². The van der Waals surface area contributed by atoms with Gasteiger partial charge in [-0.1, -0.05) is 82.2 Å². The van der Waals surface area contributed by atoms with Gasteiger partial charge >= 0.3 is 0 Å². The lowest BCUT2D eigenvalue weighted by Crippen LogP contribution is -2.30. The Morgan fingerprint density at radius 1 is 0.857 bits per heavy atom. The van der Waals surface area contributed by atoms with E-state index in [1.165, 1.54) is 82.6 Å². The highest BCUT2D eigenvalue weighted by Gasteiger charge is 2.35. The molecule has 0 bridgehead atoms. The standard InChI is InChI=1S/C27H37F/c1-2-3-4-5-6-8-20-11-12-22-18-23(14-13-21(22)17-20)24-15-16-26-25(19-24)9-7-10-27(26)28/h7,9-10,15-16,19-23H,2-6,8,11-14,17-18H2,1H3. The van der Waals surface area contributed by atoms with Crippen LogP contribution < -0.4 is 0 Å². The predicted molar refractivity (Wildman–Crippen MR) is 118 cm³/mol. The van der Waals surface area contributed by atoms with Gasteiger partial charge in [0.15, 0.2) is 0 Å². The molecule has 0 spiro atoms. The molecule has 152 valence electrons. The molecule has 2 fully saturated rings. The van der Waals surface area contributed by atoms with Crippen LogP contribution in [0.1, 0.15) is 95.5 Å². The summed E-state index contributed by atoms with van der Waals surface area (Å²) in [5.41, 5.74) is 1.44. The van der Waals surface area contributed by atoms with Gasteiger partial charge in [-0.2, -0.15) is 0 Å². The third-order valence-corrected chi connectivity index (χ3v) is 7.76. The average molecular weight is 381 g/mol. The molecule has 0 aromatic heterocycles. The van der Waals surface area contributed by atoms with Gasteiger partial charge in [0.25, 0.3) is 0 Å². The smallest absolute Gasteiger partial charge is 0.131 e. The van der Waals surface area contributed by atoms with Crippen LogP contribution in [0.25, 0.3) is 10.8 Å². The van der Waals surface area contributed by atoms with Crippen LogP contribution in [0.5, 0.6) is 0 Å². The Balaban J connectivity index is 1.31. The summed E-state index contributed by atoms with van der Waals surface area (Å²) in [7, 11) is 0. The van der Waals surface area contributed by atoms with Crippen molar-refractivity contribution in [2.75, 3.05) is 0 Å². The SMILES string of the molecule is CCCCCCCC1CCC2CC(c3ccc4c(F)cccc4c3)CCC2C1. The van der Waals surface area contributed by atoms with Crippen LogP contribution in [0, 0.1) is 23.6 Å². The summed E-state index contributed by atoms with van der Waals surface area (Å²) < 4.78 is 14.0. The van der Waals surface area contributed by atoms with E-state index in [0.717, 1.165) is 28.5 Å². The second-order valence-electron chi connectivity index (χ2n) is 9.63. The zero-order chi connectivity index (χ0) is 19.3. The number of rotatable bonds is 7. The molecule has 2 aromatic carbocycles. The molecule has 0 nitrogen and oxygen atoms in total. The molecule has 4 atom stereocenters. The molecule has 0 saturated heterocycles. The fourth-order valence-corrected chi connectivity index (χ4v) is 6.10. The molecular formula is C27H37F. The zero-order valence-corrected chi connectivity index (χ0v) is 17.6. The topological polar surface area (TPSA) is 0 Å². The van der Waals surface area contributed by atoms with Crippen molar-refractivity contribution in [3.05, 3.63) is 47.8 Å². The number of hydrogen-bond acceptors (Lipinski definition) is 0. The number of hydrogen-bond donors (Lipinski definition) is 0. The predicted octanol–water partition coefficient (Wildman–Crippen LogP) is 8.64. The molecule has 4 unspecified atom stereocenters. The van der Waals surface area contributed by atoms with Gasteiger partial charge in [0.1, 0.15) is 5.82 Å². The second kappa shape index (κ2) is 9.42. The molecule has 2 aliphatic rings. The van der Waals surface area contributed by atoms with E-state index in [-0.39, 0.29) is 5.82 Å². The Bertz CT molecular complexity index is 764. The van der Waals surface area contributed by atoms with Crippen LogP contribution in [-0.4, -0.2) is 0 Å². The monoisotopic (exact) mass is 380 g/mol. The molecule has 0 radical (unpaired) electrons. The van der Waals surface area contributed by atoms with Crippen molar-refractivity contribution >= 4 is 10.8 Å². The van der Waals surface area contributed by atoms with Crippen LogP contribution >= 0.6 is 0 Å². The highest BCUT2D eigenvalue weighted by molar-refractivity contribution is 5.83. The molecule has 1 heteroatoms. The van der Waals surface area contributed by atoms with E-state index >= 15 is 0 Å². The van der Waals surface area contributed by atoms with Crippen LogP contribution in [0.15, 0.2) is 36.4 Å². The van der Waals surface area contributed by atoms with Gasteiger partial charge in [-0.15, -0.1) is 0 Å². The van der Waals surface area contributed by atoms with Gasteiger partial charge in [0.05, 0.1) is 0 Å². The number of unbranched alkanes of at least 4 members (excludes halogenated alkanes) is 4. The van der Waals surface area contributed by atoms with Crippen molar-refractivity contribution in [3.8, 4) is 0 Å². The molecule has 2 saturated carbocycles. The molecule has 2 aromatic rings. The fraction of sp³-hybridized carbons (Fsp3) is 0.630. The van der Waals surface area contributed by atoms with E-state index < -0.39 is 0 Å². The quantitative estimate of drug-likeness (QED) is 0.422. The van der Waals surface area contributed by atoms with Crippen molar-refractivity contribution in [1.29, 1.82) is 0 Å². The molecule has 28 heavy (non-hydrogen) atoms. The molecule has 0 aliphatic heterocycles. The Morgan fingerprint density at radius 2 is 1.68 bits per heavy atom. The summed E-state index contributed by atoms with van der Waals surface area (Å²) in [6, 6.07) is 11.9. The third-order valence-electron chi connectivity index (χ3n) is 7.76. The Hall–Kier alpha value is -1.37.